The van der Waals surface area contributed by atoms with E-state index in [9.17, 15) is 0 Å². The summed E-state index contributed by atoms with van der Waals surface area (Å²) in [5, 5.41) is 3.13. The molecule has 0 saturated heterocycles. The fourth-order valence-corrected chi connectivity index (χ4v) is 2.73. The predicted octanol–water partition coefficient (Wildman–Crippen LogP) is 2.71. The molecule has 3 nitrogen and oxygen atoms in total. The third kappa shape index (κ3) is 2.90. The maximum atomic E-state index is 6.19. The van der Waals surface area contributed by atoms with Crippen LogP contribution in [0.5, 0.6) is 0 Å². The van der Waals surface area contributed by atoms with Gasteiger partial charge >= 0.3 is 0 Å². The number of hydrogen-bond donors (Lipinski definition) is 1. The Morgan fingerprint density at radius 1 is 1.35 bits per heavy atom. The second-order valence-corrected chi connectivity index (χ2v) is 5.35. The van der Waals surface area contributed by atoms with E-state index in [0.29, 0.717) is 0 Å². The molecular formula is C13H17N3S. The second kappa shape index (κ2) is 4.94. The van der Waals surface area contributed by atoms with Gasteiger partial charge in [0.2, 0.25) is 0 Å². The highest BCUT2D eigenvalue weighted by atomic mass is 32.1. The maximum absolute atomic E-state index is 6.19. The lowest BCUT2D eigenvalue weighted by Gasteiger charge is -2.12. The molecule has 4 heteroatoms. The van der Waals surface area contributed by atoms with E-state index >= 15 is 0 Å². The van der Waals surface area contributed by atoms with E-state index in [2.05, 4.69) is 28.3 Å². The van der Waals surface area contributed by atoms with Gasteiger partial charge < -0.3 is 5.73 Å². The number of pyridine rings is 1. The van der Waals surface area contributed by atoms with Crippen molar-refractivity contribution in [2.24, 2.45) is 5.73 Å². The lowest BCUT2D eigenvalue weighted by atomic mass is 10.1. The lowest BCUT2D eigenvalue weighted by Crippen LogP contribution is -2.16. The van der Waals surface area contributed by atoms with Crippen LogP contribution in [0.25, 0.3) is 0 Å². The third-order valence-corrected chi connectivity index (χ3v) is 3.66. The summed E-state index contributed by atoms with van der Waals surface area (Å²) in [7, 11) is 0. The third-order valence-electron chi connectivity index (χ3n) is 2.67. The molecule has 0 fully saturated rings. The molecule has 0 aliphatic carbocycles. The van der Waals surface area contributed by atoms with Gasteiger partial charge in [-0.15, -0.1) is 11.3 Å². The molecule has 90 valence electrons. The van der Waals surface area contributed by atoms with Crippen molar-refractivity contribution in [1.82, 2.24) is 9.97 Å². The Bertz CT molecular complexity index is 519. The van der Waals surface area contributed by atoms with E-state index in [1.807, 2.05) is 20.0 Å². The molecule has 2 aromatic rings. The number of thiazole rings is 1. The molecular weight excluding hydrogens is 230 g/mol. The monoisotopic (exact) mass is 247 g/mol. The standard InChI is InChI=1S/C13H17N3S/c1-8-4-9(2)13(15-6-8)11(14)5-12-16-10(3)7-17-12/h4,6-7,11H,5,14H2,1-3H3. The van der Waals surface area contributed by atoms with Crippen LogP contribution in [0.1, 0.15) is 33.6 Å². The van der Waals surface area contributed by atoms with E-state index < -0.39 is 0 Å². The first-order valence-electron chi connectivity index (χ1n) is 5.66. The van der Waals surface area contributed by atoms with Gasteiger partial charge in [0.25, 0.3) is 0 Å². The van der Waals surface area contributed by atoms with Crippen molar-refractivity contribution in [2.75, 3.05) is 0 Å². The Morgan fingerprint density at radius 3 is 2.71 bits per heavy atom. The molecule has 1 atom stereocenters. The van der Waals surface area contributed by atoms with Crippen molar-refractivity contribution in [3.05, 3.63) is 45.2 Å². The summed E-state index contributed by atoms with van der Waals surface area (Å²) in [5.74, 6) is 0. The number of hydrogen-bond acceptors (Lipinski definition) is 4. The van der Waals surface area contributed by atoms with Crippen molar-refractivity contribution in [2.45, 2.75) is 33.2 Å². The van der Waals surface area contributed by atoms with Crippen LogP contribution < -0.4 is 5.73 Å². The molecule has 0 spiro atoms. The minimum absolute atomic E-state index is 0.0684. The van der Waals surface area contributed by atoms with E-state index in [1.165, 1.54) is 5.56 Å². The normalized spacial score (nSPS) is 12.7. The molecule has 0 aliphatic heterocycles. The SMILES string of the molecule is Cc1cnc(C(N)Cc2nc(C)cs2)c(C)c1. The van der Waals surface area contributed by atoms with Gasteiger partial charge in [0.15, 0.2) is 0 Å². The van der Waals surface area contributed by atoms with Crippen LogP contribution in [0.3, 0.4) is 0 Å². The Labute approximate surface area is 106 Å². The molecule has 1 unspecified atom stereocenters. The van der Waals surface area contributed by atoms with Crippen LogP contribution in [0.2, 0.25) is 0 Å². The number of aromatic nitrogens is 2. The highest BCUT2D eigenvalue weighted by Gasteiger charge is 2.13. The fourth-order valence-electron chi connectivity index (χ4n) is 1.90. The first kappa shape index (κ1) is 12.2. The molecule has 0 aromatic carbocycles. The number of nitrogens with two attached hydrogens (primary N) is 1. The molecule has 2 rings (SSSR count). The van der Waals surface area contributed by atoms with E-state index in [4.69, 9.17) is 5.73 Å². The topological polar surface area (TPSA) is 51.8 Å². The average Bonchev–Trinajstić information content (AvgIpc) is 2.63. The molecule has 0 amide bonds. The lowest BCUT2D eigenvalue weighted by molar-refractivity contribution is 0.685. The zero-order chi connectivity index (χ0) is 12.4. The minimum atomic E-state index is -0.0684. The number of nitrogens with zero attached hydrogens (tertiary/aromatic N) is 2. The van der Waals surface area contributed by atoms with Crippen LogP contribution >= 0.6 is 11.3 Å². The maximum Gasteiger partial charge on any atom is 0.0947 e. The summed E-state index contributed by atoms with van der Waals surface area (Å²) < 4.78 is 0. The summed E-state index contributed by atoms with van der Waals surface area (Å²) in [5.41, 5.74) is 10.6. The van der Waals surface area contributed by atoms with Crippen molar-refractivity contribution < 1.29 is 0 Å². The van der Waals surface area contributed by atoms with Crippen LogP contribution in [0.4, 0.5) is 0 Å². The van der Waals surface area contributed by atoms with Crippen LogP contribution in [-0.2, 0) is 6.42 Å². The zero-order valence-electron chi connectivity index (χ0n) is 10.4. The highest BCUT2D eigenvalue weighted by molar-refractivity contribution is 7.09. The average molecular weight is 247 g/mol. The van der Waals surface area contributed by atoms with Gasteiger partial charge in [-0.25, -0.2) is 4.98 Å². The summed E-state index contributed by atoms with van der Waals surface area (Å²) in [6.07, 6.45) is 2.63. The van der Waals surface area contributed by atoms with E-state index in [0.717, 1.165) is 28.4 Å². The van der Waals surface area contributed by atoms with Crippen LogP contribution in [-0.4, -0.2) is 9.97 Å². The Kier molecular flexibility index (Phi) is 3.54. The van der Waals surface area contributed by atoms with E-state index in [1.54, 1.807) is 11.3 Å². The van der Waals surface area contributed by atoms with Gasteiger partial charge in [0.1, 0.15) is 0 Å². The van der Waals surface area contributed by atoms with E-state index in [-0.39, 0.29) is 6.04 Å². The van der Waals surface area contributed by atoms with Crippen molar-refractivity contribution in [3.8, 4) is 0 Å². The van der Waals surface area contributed by atoms with Gasteiger partial charge in [0.05, 0.1) is 16.7 Å². The summed E-state index contributed by atoms with van der Waals surface area (Å²) in [4.78, 5) is 8.87. The van der Waals surface area contributed by atoms with Gasteiger partial charge in [0, 0.05) is 23.7 Å². The molecule has 0 saturated carbocycles. The second-order valence-electron chi connectivity index (χ2n) is 4.41. The summed E-state index contributed by atoms with van der Waals surface area (Å²) in [6, 6.07) is 2.05. The molecule has 0 aliphatic rings. The summed E-state index contributed by atoms with van der Waals surface area (Å²) in [6.45, 7) is 6.10. The molecule has 0 radical (unpaired) electrons. The first-order valence-corrected chi connectivity index (χ1v) is 6.54. The van der Waals surface area contributed by atoms with Gasteiger partial charge in [-0.2, -0.15) is 0 Å². The fraction of sp³-hybridized carbons (Fsp3) is 0.385. The van der Waals surface area contributed by atoms with Crippen molar-refractivity contribution >= 4 is 11.3 Å². The molecule has 2 N–H and O–H groups in total. The smallest absolute Gasteiger partial charge is 0.0947 e. The molecule has 2 heterocycles. The van der Waals surface area contributed by atoms with Gasteiger partial charge in [-0.3, -0.25) is 4.98 Å². The quantitative estimate of drug-likeness (QED) is 0.907. The largest absolute Gasteiger partial charge is 0.322 e. The minimum Gasteiger partial charge on any atom is -0.322 e. The Morgan fingerprint density at radius 2 is 2.12 bits per heavy atom. The van der Waals surface area contributed by atoms with Gasteiger partial charge in [-0.05, 0) is 31.9 Å². The molecule has 2 aromatic heterocycles. The molecule has 17 heavy (non-hydrogen) atoms. The van der Waals surface area contributed by atoms with Crippen molar-refractivity contribution in [3.63, 3.8) is 0 Å². The Balaban J connectivity index is 2.17. The highest BCUT2D eigenvalue weighted by Crippen LogP contribution is 2.20. The van der Waals surface area contributed by atoms with Crippen LogP contribution in [0, 0.1) is 20.8 Å². The predicted molar refractivity (Wildman–Crippen MR) is 71.2 cm³/mol. The van der Waals surface area contributed by atoms with Crippen molar-refractivity contribution in [1.29, 1.82) is 0 Å². The first-order chi connectivity index (χ1) is 8.06. The number of rotatable bonds is 3. The summed E-state index contributed by atoms with van der Waals surface area (Å²) >= 11 is 1.66. The Hall–Kier alpha value is -1.26. The molecule has 0 bridgehead atoms. The van der Waals surface area contributed by atoms with Crippen LogP contribution in [0.15, 0.2) is 17.6 Å². The number of aryl methyl sites for hydroxylation is 3. The van der Waals surface area contributed by atoms with Gasteiger partial charge in [-0.1, -0.05) is 6.07 Å². The zero-order valence-corrected chi connectivity index (χ0v) is 11.2.